The van der Waals surface area contributed by atoms with Crippen LogP contribution >= 0.6 is 11.8 Å². The minimum Gasteiger partial charge on any atom is -0.548 e. The number of carbonyl (C=O) groups is 3. The number of hydrogen-bond acceptors (Lipinski definition) is 9. The third kappa shape index (κ3) is 7.80. The van der Waals surface area contributed by atoms with E-state index in [1.807, 2.05) is 6.07 Å². The van der Waals surface area contributed by atoms with Crippen molar-refractivity contribution in [1.82, 2.24) is 5.32 Å². The molecule has 1 aliphatic rings. The van der Waals surface area contributed by atoms with Crippen molar-refractivity contribution < 1.29 is 38.2 Å². The molecule has 1 aromatic carbocycles. The zero-order valence-electron chi connectivity index (χ0n) is 25.1. The molecule has 1 aromatic rings. The Bertz CT molecular complexity index is 1110. The van der Waals surface area contributed by atoms with Crippen LogP contribution in [0.5, 0.6) is 11.5 Å². The lowest BCUT2D eigenvalue weighted by Gasteiger charge is -2.39. The number of carbonyl (C=O) groups excluding carboxylic acids is 3. The number of nitrogens with one attached hydrogen (secondary N) is 1. The van der Waals surface area contributed by atoms with Crippen molar-refractivity contribution in [3.63, 3.8) is 0 Å². The number of ether oxygens (including phenoxy) is 1. The van der Waals surface area contributed by atoms with E-state index in [2.05, 4.69) is 73.0 Å². The molecule has 0 aliphatic carbocycles. The second-order valence-corrected chi connectivity index (χ2v) is 23.6. The van der Waals surface area contributed by atoms with Crippen molar-refractivity contribution in [2.24, 2.45) is 0 Å². The highest BCUT2D eigenvalue weighted by Gasteiger charge is 2.42. The highest BCUT2D eigenvalue weighted by Crippen LogP contribution is 2.45. The summed E-state index contributed by atoms with van der Waals surface area (Å²) in [6.07, 6.45) is -1.74. The van der Waals surface area contributed by atoms with Gasteiger partial charge in [-0.25, -0.2) is 4.79 Å². The minimum atomic E-state index is -2.39. The van der Waals surface area contributed by atoms with Gasteiger partial charge in [-0.3, -0.25) is 4.79 Å². The monoisotopic (exact) mass is 598 g/mol. The Morgan fingerprint density at radius 3 is 2.05 bits per heavy atom. The number of cyclic esters (lactones) is 1. The largest absolute Gasteiger partial charge is 0.548 e. The predicted molar refractivity (Wildman–Crippen MR) is 156 cm³/mol. The van der Waals surface area contributed by atoms with Gasteiger partial charge in [0.05, 0.1) is 17.6 Å². The molecule has 0 radical (unpaired) electrons. The van der Waals surface area contributed by atoms with Crippen LogP contribution in [0.25, 0.3) is 0 Å². The number of thioether (sulfide) groups is 1. The Morgan fingerprint density at radius 2 is 1.56 bits per heavy atom. The van der Waals surface area contributed by atoms with Crippen LogP contribution in [0.4, 0.5) is 0 Å². The van der Waals surface area contributed by atoms with E-state index in [-0.39, 0.29) is 27.1 Å². The van der Waals surface area contributed by atoms with E-state index in [0.717, 1.165) is 0 Å². The van der Waals surface area contributed by atoms with E-state index >= 15 is 0 Å². The molecule has 1 heterocycles. The molecule has 220 valence electrons. The maximum absolute atomic E-state index is 13.5. The molecule has 2 atom stereocenters. The van der Waals surface area contributed by atoms with E-state index in [4.69, 9.17) is 13.6 Å². The molecular weight excluding hydrogens is 555 g/mol. The summed E-state index contributed by atoms with van der Waals surface area (Å²) in [5.41, 5.74) is 1.37. The second-order valence-electron chi connectivity index (χ2n) is 13.1. The Balaban J connectivity index is 2.78. The molecule has 0 saturated carbocycles. The number of rotatable bonds is 5. The number of benzene rings is 1. The van der Waals surface area contributed by atoms with Gasteiger partial charge in [-0.15, -0.1) is 0 Å². The van der Waals surface area contributed by atoms with Gasteiger partial charge in [0.15, 0.2) is 6.10 Å². The molecule has 1 aliphatic heterocycles. The van der Waals surface area contributed by atoms with Gasteiger partial charge in [-0.2, -0.15) is 11.8 Å². The van der Waals surface area contributed by atoms with Crippen molar-refractivity contribution in [2.75, 3.05) is 12.4 Å². The first kappa shape index (κ1) is 33.2. The Kier molecular flexibility index (Phi) is 10.1. The third-order valence-corrected chi connectivity index (χ3v) is 17.7. The predicted octanol–water partition coefficient (Wildman–Crippen LogP) is 3.76. The first-order valence-corrected chi connectivity index (χ1v) is 20.0. The van der Waals surface area contributed by atoms with E-state index in [1.54, 1.807) is 6.92 Å². The summed E-state index contributed by atoms with van der Waals surface area (Å²) in [5, 5.41) is 23.9. The fraction of sp³-hybridized carbons (Fsp3) is 0.667. The van der Waals surface area contributed by atoms with Gasteiger partial charge in [-0.05, 0) is 43.2 Å². The maximum atomic E-state index is 13.5. The SMILES string of the molecule is Cc1c(O[Si](C)(C)C(C)(C)C)cc(O[Si](C)(C)C(C)(C)C)c2c1C(=O)OC[C@H](O)C(=O)N[C@H](C(=O)[O-])CSC2. The Hall–Kier alpha value is -2.03. The zero-order chi connectivity index (χ0) is 30.1. The maximum Gasteiger partial charge on any atom is 0.339 e. The van der Waals surface area contributed by atoms with E-state index in [9.17, 15) is 24.6 Å². The van der Waals surface area contributed by atoms with Gasteiger partial charge in [0, 0.05) is 28.7 Å². The highest BCUT2D eigenvalue weighted by molar-refractivity contribution is 7.98. The van der Waals surface area contributed by atoms with Crippen molar-refractivity contribution in [1.29, 1.82) is 0 Å². The number of carboxylic acids is 1. The first-order valence-electron chi connectivity index (χ1n) is 13.1. The van der Waals surface area contributed by atoms with E-state index in [1.165, 1.54) is 11.8 Å². The average molecular weight is 599 g/mol. The second kappa shape index (κ2) is 11.8. The van der Waals surface area contributed by atoms with Gasteiger partial charge < -0.3 is 33.9 Å². The fourth-order valence-corrected chi connectivity index (χ4v) is 6.45. The number of aliphatic hydroxyl groups is 1. The summed E-state index contributed by atoms with van der Waals surface area (Å²) in [7, 11) is -4.72. The molecule has 2 rings (SSSR count). The first-order chi connectivity index (χ1) is 17.6. The molecule has 1 amide bonds. The quantitative estimate of drug-likeness (QED) is 0.384. The summed E-state index contributed by atoms with van der Waals surface area (Å²) in [4.78, 5) is 37.5. The van der Waals surface area contributed by atoms with Crippen molar-refractivity contribution >= 4 is 46.2 Å². The van der Waals surface area contributed by atoms with Gasteiger partial charge >= 0.3 is 5.97 Å². The molecule has 9 nitrogen and oxygen atoms in total. The molecule has 0 bridgehead atoms. The van der Waals surface area contributed by atoms with Crippen LogP contribution in [0.3, 0.4) is 0 Å². The lowest BCUT2D eigenvalue weighted by molar-refractivity contribution is -0.307. The number of fused-ring (bicyclic) bond motifs is 1. The molecule has 0 saturated heterocycles. The average Bonchev–Trinajstić information content (AvgIpc) is 2.76. The Labute approximate surface area is 238 Å². The molecular formula is C27H44NO8SSi2-. The minimum absolute atomic E-state index is 0.0317. The van der Waals surface area contributed by atoms with Crippen LogP contribution in [0, 0.1) is 6.92 Å². The molecule has 39 heavy (non-hydrogen) atoms. The summed E-state index contributed by atoms with van der Waals surface area (Å²) in [6.45, 7) is 22.3. The van der Waals surface area contributed by atoms with Crippen molar-refractivity contribution in [3.05, 3.63) is 22.8 Å². The van der Waals surface area contributed by atoms with Crippen LogP contribution in [0.15, 0.2) is 6.07 Å². The van der Waals surface area contributed by atoms with E-state index < -0.39 is 53.2 Å². The summed E-state index contributed by atoms with van der Waals surface area (Å²) < 4.78 is 18.8. The van der Waals surface area contributed by atoms with Gasteiger partial charge in [0.25, 0.3) is 5.91 Å². The Morgan fingerprint density at radius 1 is 1.05 bits per heavy atom. The van der Waals surface area contributed by atoms with Crippen molar-refractivity contribution in [3.8, 4) is 11.5 Å². The van der Waals surface area contributed by atoms with Crippen LogP contribution < -0.4 is 19.3 Å². The molecule has 0 aromatic heterocycles. The number of amides is 1. The molecule has 0 fully saturated rings. The van der Waals surface area contributed by atoms with Gasteiger partial charge in [0.2, 0.25) is 16.6 Å². The van der Waals surface area contributed by atoms with Crippen LogP contribution in [-0.2, 0) is 20.1 Å². The van der Waals surface area contributed by atoms with E-state index in [0.29, 0.717) is 22.6 Å². The molecule has 0 spiro atoms. The smallest absolute Gasteiger partial charge is 0.339 e. The number of hydrogen-bond donors (Lipinski definition) is 2. The number of carboxylic acid groups (broad SMARTS) is 1. The van der Waals surface area contributed by atoms with Crippen LogP contribution in [0.1, 0.15) is 63.0 Å². The zero-order valence-corrected chi connectivity index (χ0v) is 27.9. The van der Waals surface area contributed by atoms with Gasteiger partial charge in [0.1, 0.15) is 18.1 Å². The normalized spacial score (nSPS) is 20.1. The standard InChI is InChI=1S/C27H45NO8SSi2/c1-16-20(35-38(8,9)26(2,3)4)12-21(36-39(10,11)27(5,6)7)17-14-37-15-18(24(31)32)28-23(30)19(29)13-34-25(33)22(16)17/h12,18-19,29H,13-15H2,1-11H3,(H,28,30)(H,31,32)/p-1/t18-,19-/m0/s1. The number of aliphatic carboxylic acids is 1. The highest BCUT2D eigenvalue weighted by atomic mass is 32.2. The topological polar surface area (TPSA) is 134 Å². The third-order valence-electron chi connectivity index (χ3n) is 7.96. The number of esters is 1. The number of aliphatic hydroxyl groups excluding tert-OH is 1. The van der Waals surface area contributed by atoms with Crippen LogP contribution in [-0.4, -0.2) is 64.1 Å². The molecule has 12 heteroatoms. The van der Waals surface area contributed by atoms with Crippen LogP contribution in [0.2, 0.25) is 36.3 Å². The molecule has 2 N–H and O–H groups in total. The summed E-state index contributed by atoms with van der Waals surface area (Å²) >= 11 is 1.21. The summed E-state index contributed by atoms with van der Waals surface area (Å²) in [6, 6.07) is 0.518. The summed E-state index contributed by atoms with van der Waals surface area (Å²) in [5.74, 6) is -1.93. The van der Waals surface area contributed by atoms with Crippen molar-refractivity contribution in [2.45, 2.75) is 103 Å². The lowest BCUT2D eigenvalue weighted by Crippen LogP contribution is -2.52. The van der Waals surface area contributed by atoms with Gasteiger partial charge in [-0.1, -0.05) is 41.5 Å². The fourth-order valence-electron chi connectivity index (χ4n) is 3.28. The molecule has 0 unspecified atom stereocenters. The lowest BCUT2D eigenvalue weighted by atomic mass is 10.0.